The van der Waals surface area contributed by atoms with Crippen molar-refractivity contribution in [1.82, 2.24) is 15.5 Å². The van der Waals surface area contributed by atoms with E-state index in [1.165, 1.54) is 11.1 Å². The Bertz CT molecular complexity index is 871. The number of halogens is 2. The van der Waals surface area contributed by atoms with Crippen LogP contribution in [0.3, 0.4) is 0 Å². The molecule has 0 saturated heterocycles. The van der Waals surface area contributed by atoms with Gasteiger partial charge in [-0.2, -0.15) is 0 Å². The lowest BCUT2D eigenvalue weighted by Gasteiger charge is -2.20. The lowest BCUT2D eigenvalue weighted by atomic mass is 10.0. The summed E-state index contributed by atoms with van der Waals surface area (Å²) in [5.41, 5.74) is 2.57. The number of ether oxygens (including phenoxy) is 2. The minimum Gasteiger partial charge on any atom is -0.491 e. The summed E-state index contributed by atoms with van der Waals surface area (Å²) in [7, 11) is 3.94. The van der Waals surface area contributed by atoms with Crippen molar-refractivity contribution >= 4 is 30.7 Å². The third-order valence-corrected chi connectivity index (χ3v) is 5.72. The van der Waals surface area contributed by atoms with Crippen molar-refractivity contribution in [3.8, 4) is 11.5 Å². The molecular formula is C26H39Cl2N3O4. The zero-order valence-corrected chi connectivity index (χ0v) is 22.2. The number of benzene rings is 2. The van der Waals surface area contributed by atoms with Crippen molar-refractivity contribution in [2.45, 2.75) is 37.8 Å². The smallest absolute Gasteiger partial charge is 0.257 e. The van der Waals surface area contributed by atoms with Crippen LogP contribution in [0, 0.1) is 0 Å². The topological polar surface area (TPSA) is 83.1 Å². The van der Waals surface area contributed by atoms with Gasteiger partial charge in [0, 0.05) is 25.7 Å². The molecule has 2 aromatic rings. The van der Waals surface area contributed by atoms with Crippen LogP contribution in [-0.2, 0) is 17.6 Å². The number of aliphatic hydroxyl groups excluding tert-OH is 1. The molecule has 0 heterocycles. The average Bonchev–Trinajstić information content (AvgIpc) is 3.02. The fraction of sp³-hybridized carbons (Fsp3) is 0.500. The molecule has 1 unspecified atom stereocenters. The largest absolute Gasteiger partial charge is 0.491 e. The second-order valence-corrected chi connectivity index (χ2v) is 8.85. The summed E-state index contributed by atoms with van der Waals surface area (Å²) in [6.07, 6.45) is 3.46. The summed E-state index contributed by atoms with van der Waals surface area (Å²) in [5, 5.41) is 16.7. The summed E-state index contributed by atoms with van der Waals surface area (Å²) in [5.74, 6) is 1.37. The predicted octanol–water partition coefficient (Wildman–Crippen LogP) is 2.86. The van der Waals surface area contributed by atoms with Gasteiger partial charge in [-0.3, -0.25) is 4.79 Å². The molecule has 1 aliphatic rings. The van der Waals surface area contributed by atoms with Crippen LogP contribution in [0.4, 0.5) is 0 Å². The van der Waals surface area contributed by atoms with E-state index >= 15 is 0 Å². The standard InChI is InChI=1S/C26H37N3O4.2ClH/c1-29(2)14-13-27-26(31)19-33-25-12-11-20-7-6-8-22(15-21(20)16-25)28-17-23(30)18-32-24-9-4-3-5-10-24;;/h3-5,9-12,16,22-23,28,30H,6-8,13-15,17-19H2,1-2H3,(H,27,31);2*1H/t22?,23-;;/m0../s1. The number of amides is 1. The summed E-state index contributed by atoms with van der Waals surface area (Å²) < 4.78 is 11.4. The SMILES string of the molecule is CN(C)CCNC(=O)COc1ccc2c(c1)CC(NC[C@H](O)COc1ccccc1)CCC2.Cl.Cl. The van der Waals surface area contributed by atoms with E-state index in [9.17, 15) is 9.90 Å². The van der Waals surface area contributed by atoms with Gasteiger partial charge in [0.2, 0.25) is 0 Å². The number of carbonyl (C=O) groups is 1. The Morgan fingerprint density at radius 2 is 1.86 bits per heavy atom. The Morgan fingerprint density at radius 1 is 1.09 bits per heavy atom. The first-order valence-electron chi connectivity index (χ1n) is 11.7. The Morgan fingerprint density at radius 3 is 2.60 bits per heavy atom. The Balaban J connectivity index is 0.00000306. The molecule has 3 N–H and O–H groups in total. The fourth-order valence-electron chi connectivity index (χ4n) is 3.90. The molecule has 9 heteroatoms. The molecule has 0 bridgehead atoms. The van der Waals surface area contributed by atoms with Gasteiger partial charge < -0.3 is 30.1 Å². The summed E-state index contributed by atoms with van der Waals surface area (Å²) in [6.45, 7) is 2.16. The van der Waals surface area contributed by atoms with Crippen LogP contribution in [-0.4, -0.2) is 75.0 Å². The van der Waals surface area contributed by atoms with Crippen LogP contribution < -0.4 is 20.1 Å². The first-order chi connectivity index (χ1) is 16.0. The van der Waals surface area contributed by atoms with Gasteiger partial charge in [0.1, 0.15) is 24.2 Å². The van der Waals surface area contributed by atoms with E-state index in [1.54, 1.807) is 0 Å². The van der Waals surface area contributed by atoms with Crippen LogP contribution in [0.2, 0.25) is 0 Å². The van der Waals surface area contributed by atoms with E-state index in [1.807, 2.05) is 55.4 Å². The lowest BCUT2D eigenvalue weighted by Crippen LogP contribution is -2.39. The second kappa shape index (κ2) is 16.6. The van der Waals surface area contributed by atoms with Crippen molar-refractivity contribution in [2.75, 3.05) is 46.9 Å². The van der Waals surface area contributed by atoms with Crippen LogP contribution in [0.1, 0.15) is 24.0 Å². The van der Waals surface area contributed by atoms with Crippen molar-refractivity contribution in [3.63, 3.8) is 0 Å². The second-order valence-electron chi connectivity index (χ2n) is 8.85. The molecule has 1 amide bonds. The normalized spacial score (nSPS) is 15.6. The Kier molecular flexibility index (Phi) is 14.7. The molecule has 0 saturated carbocycles. The highest BCUT2D eigenvalue weighted by Crippen LogP contribution is 2.25. The minimum atomic E-state index is -0.575. The first kappa shape index (κ1) is 31.0. The predicted molar refractivity (Wildman–Crippen MR) is 144 cm³/mol. The van der Waals surface area contributed by atoms with Crippen LogP contribution in [0.5, 0.6) is 11.5 Å². The highest BCUT2D eigenvalue weighted by atomic mass is 35.5. The lowest BCUT2D eigenvalue weighted by molar-refractivity contribution is -0.123. The number of nitrogens with zero attached hydrogens (tertiary/aromatic N) is 1. The number of nitrogens with one attached hydrogen (secondary N) is 2. The molecule has 1 aliphatic carbocycles. The van der Waals surface area contributed by atoms with E-state index in [2.05, 4.69) is 22.8 Å². The average molecular weight is 529 g/mol. The zero-order valence-electron chi connectivity index (χ0n) is 20.6. The molecule has 196 valence electrons. The van der Waals surface area contributed by atoms with Gasteiger partial charge in [-0.15, -0.1) is 24.8 Å². The van der Waals surface area contributed by atoms with Gasteiger partial charge in [-0.1, -0.05) is 24.3 Å². The van der Waals surface area contributed by atoms with Gasteiger partial charge >= 0.3 is 0 Å². The molecule has 0 radical (unpaired) electrons. The molecule has 0 aliphatic heterocycles. The third kappa shape index (κ3) is 11.5. The van der Waals surface area contributed by atoms with Gasteiger partial charge in [-0.05, 0) is 75.2 Å². The fourth-order valence-corrected chi connectivity index (χ4v) is 3.90. The van der Waals surface area contributed by atoms with Crippen molar-refractivity contribution in [2.24, 2.45) is 0 Å². The van der Waals surface area contributed by atoms with Crippen LogP contribution >= 0.6 is 24.8 Å². The highest BCUT2D eigenvalue weighted by Gasteiger charge is 2.18. The molecule has 0 aromatic heterocycles. The van der Waals surface area contributed by atoms with Gasteiger partial charge in [-0.25, -0.2) is 0 Å². The maximum absolute atomic E-state index is 12.0. The monoisotopic (exact) mass is 527 g/mol. The Labute approximate surface area is 221 Å². The molecule has 35 heavy (non-hydrogen) atoms. The van der Waals surface area contributed by atoms with Crippen molar-refractivity contribution in [1.29, 1.82) is 0 Å². The molecular weight excluding hydrogens is 489 g/mol. The van der Waals surface area contributed by atoms with Gasteiger partial charge in [0.05, 0.1) is 0 Å². The van der Waals surface area contributed by atoms with Crippen LogP contribution in [0.25, 0.3) is 0 Å². The summed E-state index contributed by atoms with van der Waals surface area (Å²) >= 11 is 0. The number of carbonyl (C=O) groups excluding carboxylic acids is 1. The molecule has 7 nitrogen and oxygen atoms in total. The zero-order chi connectivity index (χ0) is 23.5. The highest BCUT2D eigenvalue weighted by molar-refractivity contribution is 5.85. The maximum Gasteiger partial charge on any atom is 0.257 e. The van der Waals surface area contributed by atoms with Gasteiger partial charge in [0.25, 0.3) is 5.91 Å². The van der Waals surface area contributed by atoms with Crippen molar-refractivity contribution in [3.05, 3.63) is 59.7 Å². The van der Waals surface area contributed by atoms with Gasteiger partial charge in [0.15, 0.2) is 6.61 Å². The third-order valence-electron chi connectivity index (χ3n) is 5.72. The number of aliphatic hydroxyl groups is 1. The summed E-state index contributed by atoms with van der Waals surface area (Å²) in [4.78, 5) is 14.0. The molecule has 2 aromatic carbocycles. The van der Waals surface area contributed by atoms with E-state index < -0.39 is 6.10 Å². The number of rotatable bonds is 12. The number of hydrogen-bond donors (Lipinski definition) is 3. The minimum absolute atomic E-state index is 0. The quantitative estimate of drug-likeness (QED) is 0.368. The first-order valence-corrected chi connectivity index (χ1v) is 11.7. The Hall–Kier alpha value is -2.03. The number of para-hydroxylation sites is 1. The maximum atomic E-state index is 12.0. The molecule has 0 spiro atoms. The van der Waals surface area contributed by atoms with Crippen molar-refractivity contribution < 1.29 is 19.4 Å². The molecule has 3 rings (SSSR count). The van der Waals surface area contributed by atoms with E-state index in [0.717, 1.165) is 38.0 Å². The number of aryl methyl sites for hydroxylation is 1. The van der Waals surface area contributed by atoms with E-state index in [-0.39, 0.29) is 50.0 Å². The van der Waals surface area contributed by atoms with Crippen LogP contribution in [0.15, 0.2) is 48.5 Å². The molecule has 0 fully saturated rings. The number of fused-ring (bicyclic) bond motifs is 1. The van der Waals surface area contributed by atoms with E-state index in [4.69, 9.17) is 9.47 Å². The molecule has 2 atom stereocenters. The number of likely N-dealkylation sites (N-methyl/N-ethyl adjacent to an activating group) is 1. The number of hydrogen-bond acceptors (Lipinski definition) is 6. The van der Waals surface area contributed by atoms with E-state index in [0.29, 0.717) is 18.8 Å². The summed E-state index contributed by atoms with van der Waals surface area (Å²) in [6, 6.07) is 15.9.